The first-order valence-corrected chi connectivity index (χ1v) is 5.14. The molecule has 0 spiro atoms. The number of para-hydroxylation sites is 1. The number of methoxy groups -OCH3 is 1. The van der Waals surface area contributed by atoms with Gasteiger partial charge in [0.15, 0.2) is 0 Å². The molecule has 0 aliphatic rings. The maximum atomic E-state index is 12.8. The normalized spacial score (nSPS) is 14.7. The third kappa shape index (κ3) is 3.44. The molecule has 7 heteroatoms. The van der Waals surface area contributed by atoms with Gasteiger partial charge in [-0.3, -0.25) is 0 Å². The minimum absolute atomic E-state index is 0.280. The zero-order valence-electron chi connectivity index (χ0n) is 9.79. The van der Waals surface area contributed by atoms with Crippen molar-refractivity contribution in [2.75, 3.05) is 7.11 Å². The van der Waals surface area contributed by atoms with Crippen molar-refractivity contribution < 1.29 is 31.8 Å². The Kier molecular flexibility index (Phi) is 4.52. The first-order chi connectivity index (χ1) is 8.70. The Hall–Kier alpha value is -1.63. The highest BCUT2D eigenvalue weighted by Crippen LogP contribution is 2.38. The first kappa shape index (κ1) is 15.4. The van der Waals surface area contributed by atoms with Crippen LogP contribution < -0.4 is 4.74 Å². The fourth-order valence-electron chi connectivity index (χ4n) is 1.29. The van der Waals surface area contributed by atoms with E-state index in [9.17, 15) is 22.0 Å². The summed E-state index contributed by atoms with van der Waals surface area (Å²) in [6, 6.07) is 6.12. The second-order valence-corrected chi connectivity index (χ2v) is 3.67. The van der Waals surface area contributed by atoms with Gasteiger partial charge < -0.3 is 9.84 Å². The van der Waals surface area contributed by atoms with Crippen molar-refractivity contribution in [3.05, 3.63) is 35.9 Å². The van der Waals surface area contributed by atoms with E-state index in [0.29, 0.717) is 11.8 Å². The Morgan fingerprint density at radius 1 is 1.16 bits per heavy atom. The van der Waals surface area contributed by atoms with E-state index < -0.39 is 18.2 Å². The maximum absolute atomic E-state index is 12.8. The van der Waals surface area contributed by atoms with Crippen molar-refractivity contribution in [1.82, 2.24) is 0 Å². The van der Waals surface area contributed by atoms with E-state index in [4.69, 9.17) is 9.84 Å². The molecule has 1 unspecified atom stereocenters. The van der Waals surface area contributed by atoms with E-state index in [1.54, 1.807) is 12.1 Å². The Balaban J connectivity index is 2.93. The molecular formula is C12H11F5O2. The average Bonchev–Trinajstić information content (AvgIpc) is 2.34. The lowest BCUT2D eigenvalue weighted by molar-refractivity contribution is -0.305. The van der Waals surface area contributed by atoms with Crippen molar-refractivity contribution in [2.24, 2.45) is 0 Å². The fraction of sp³-hybridized carbons (Fsp3) is 0.333. The molecule has 1 aromatic rings. The zero-order chi connectivity index (χ0) is 14.7. The lowest BCUT2D eigenvalue weighted by atomic mass is 10.1. The van der Waals surface area contributed by atoms with Gasteiger partial charge in [-0.05, 0) is 12.1 Å². The molecule has 0 amide bonds. The molecule has 1 N–H and O–H groups in total. The van der Waals surface area contributed by atoms with Crippen LogP contribution in [-0.2, 0) is 0 Å². The molecule has 0 fully saturated rings. The zero-order valence-corrected chi connectivity index (χ0v) is 9.79. The predicted molar refractivity (Wildman–Crippen MR) is 59.0 cm³/mol. The van der Waals surface area contributed by atoms with Crippen molar-refractivity contribution in [2.45, 2.75) is 18.2 Å². The van der Waals surface area contributed by atoms with Gasteiger partial charge in [-0.1, -0.05) is 24.3 Å². The van der Waals surface area contributed by atoms with E-state index in [1.807, 2.05) is 0 Å². The van der Waals surface area contributed by atoms with Crippen LogP contribution in [0, 0.1) is 0 Å². The predicted octanol–water partition coefficient (Wildman–Crippen LogP) is 3.27. The Labute approximate surface area is 106 Å². The summed E-state index contributed by atoms with van der Waals surface area (Å²) in [5.41, 5.74) is 0.280. The Morgan fingerprint density at radius 3 is 2.26 bits per heavy atom. The summed E-state index contributed by atoms with van der Waals surface area (Å²) >= 11 is 0. The van der Waals surface area contributed by atoms with Crippen LogP contribution in [0.3, 0.4) is 0 Å². The first-order valence-electron chi connectivity index (χ1n) is 5.14. The van der Waals surface area contributed by atoms with Crippen molar-refractivity contribution >= 4 is 6.08 Å². The molecule has 19 heavy (non-hydrogen) atoms. The molecule has 106 valence electrons. The van der Waals surface area contributed by atoms with Crippen molar-refractivity contribution in [3.63, 3.8) is 0 Å². The van der Waals surface area contributed by atoms with Crippen LogP contribution in [0.4, 0.5) is 22.0 Å². The molecule has 0 aromatic heterocycles. The van der Waals surface area contributed by atoms with Crippen LogP contribution in [0.25, 0.3) is 6.08 Å². The summed E-state index contributed by atoms with van der Waals surface area (Å²) in [4.78, 5) is 0. The Bertz CT molecular complexity index is 454. The molecule has 1 aromatic carbocycles. The van der Waals surface area contributed by atoms with Gasteiger partial charge >= 0.3 is 12.1 Å². The molecule has 0 radical (unpaired) electrons. The maximum Gasteiger partial charge on any atom is 0.456 e. The molecule has 0 saturated heterocycles. The van der Waals surface area contributed by atoms with Crippen molar-refractivity contribution in [1.29, 1.82) is 0 Å². The number of alkyl halides is 5. The smallest absolute Gasteiger partial charge is 0.456 e. The summed E-state index contributed by atoms with van der Waals surface area (Å²) in [6.45, 7) is 0. The van der Waals surface area contributed by atoms with E-state index in [1.165, 1.54) is 19.2 Å². The highest BCUT2D eigenvalue weighted by Gasteiger charge is 2.61. The summed E-state index contributed by atoms with van der Waals surface area (Å²) in [6.07, 6.45) is -7.44. The van der Waals surface area contributed by atoms with Gasteiger partial charge in [0.05, 0.1) is 7.11 Å². The van der Waals surface area contributed by atoms with Crippen LogP contribution in [0.2, 0.25) is 0 Å². The number of halogens is 5. The highest BCUT2D eigenvalue weighted by molar-refractivity contribution is 5.57. The van der Waals surface area contributed by atoms with Gasteiger partial charge in [-0.2, -0.15) is 22.0 Å². The number of aliphatic hydroxyl groups excluding tert-OH is 1. The van der Waals surface area contributed by atoms with E-state index in [0.717, 1.165) is 6.08 Å². The topological polar surface area (TPSA) is 29.5 Å². The van der Waals surface area contributed by atoms with E-state index in [-0.39, 0.29) is 5.56 Å². The van der Waals surface area contributed by atoms with E-state index >= 15 is 0 Å². The molecule has 2 nitrogen and oxygen atoms in total. The second kappa shape index (κ2) is 5.56. The third-order valence-electron chi connectivity index (χ3n) is 2.35. The SMILES string of the molecule is COc1ccccc1/C=C/C(O)C(F)(F)C(F)(F)F. The third-order valence-corrected chi connectivity index (χ3v) is 2.35. The molecule has 0 heterocycles. The van der Waals surface area contributed by atoms with Crippen molar-refractivity contribution in [3.8, 4) is 5.75 Å². The highest BCUT2D eigenvalue weighted by atomic mass is 19.4. The monoisotopic (exact) mass is 282 g/mol. The summed E-state index contributed by atoms with van der Waals surface area (Å²) < 4.78 is 66.4. The standard InChI is InChI=1S/C12H11F5O2/c1-19-9-5-3-2-4-8(9)6-7-10(18)11(13,14)12(15,16)17/h2-7,10,18H,1H3/b7-6+. The second-order valence-electron chi connectivity index (χ2n) is 3.67. The summed E-state index contributed by atoms with van der Waals surface area (Å²) in [7, 11) is 1.33. The van der Waals surface area contributed by atoms with Crippen LogP contribution >= 0.6 is 0 Å². The van der Waals surface area contributed by atoms with Gasteiger partial charge in [-0.25, -0.2) is 0 Å². The van der Waals surface area contributed by atoms with Gasteiger partial charge in [0.1, 0.15) is 11.9 Å². The number of hydrogen-bond acceptors (Lipinski definition) is 2. The quantitative estimate of drug-likeness (QED) is 0.859. The summed E-state index contributed by atoms with van der Waals surface area (Å²) in [5, 5.41) is 8.94. The number of ether oxygens (including phenoxy) is 1. The molecule has 0 aliphatic carbocycles. The number of benzene rings is 1. The molecule has 0 saturated carbocycles. The van der Waals surface area contributed by atoms with E-state index in [2.05, 4.69) is 0 Å². The largest absolute Gasteiger partial charge is 0.496 e. The Morgan fingerprint density at radius 2 is 1.74 bits per heavy atom. The van der Waals surface area contributed by atoms with Gasteiger partial charge in [0.25, 0.3) is 0 Å². The number of aliphatic hydroxyl groups is 1. The summed E-state index contributed by atoms with van der Waals surface area (Å²) in [5.74, 6) is -4.91. The van der Waals surface area contributed by atoms with Gasteiger partial charge in [0, 0.05) is 5.56 Å². The molecular weight excluding hydrogens is 271 g/mol. The minimum atomic E-state index is -5.81. The number of hydrogen-bond donors (Lipinski definition) is 1. The van der Waals surface area contributed by atoms with Gasteiger partial charge in [-0.15, -0.1) is 0 Å². The van der Waals surface area contributed by atoms with Crippen LogP contribution in [-0.4, -0.2) is 30.4 Å². The molecule has 1 rings (SSSR count). The average molecular weight is 282 g/mol. The van der Waals surface area contributed by atoms with Gasteiger partial charge in [0.2, 0.25) is 0 Å². The number of rotatable bonds is 4. The fourth-order valence-corrected chi connectivity index (χ4v) is 1.29. The lowest BCUT2D eigenvalue weighted by Crippen LogP contribution is -2.46. The molecule has 1 atom stereocenters. The van der Waals surface area contributed by atoms with Crippen LogP contribution in [0.5, 0.6) is 5.75 Å². The van der Waals surface area contributed by atoms with Crippen LogP contribution in [0.15, 0.2) is 30.3 Å². The lowest BCUT2D eigenvalue weighted by Gasteiger charge is -2.22. The molecule has 0 bridgehead atoms. The molecule has 0 aliphatic heterocycles. The van der Waals surface area contributed by atoms with Crippen LogP contribution in [0.1, 0.15) is 5.56 Å². The minimum Gasteiger partial charge on any atom is -0.496 e.